The van der Waals surface area contributed by atoms with Crippen molar-refractivity contribution in [3.05, 3.63) is 10.1 Å². The fourth-order valence-corrected chi connectivity index (χ4v) is 0. The molecule has 5 heteroatoms. The predicted octanol–water partition coefficient (Wildman–Crippen LogP) is -0.729. The van der Waals surface area contributed by atoms with Gasteiger partial charge in [-0.1, -0.05) is 0 Å². The molecule has 0 aromatic rings. The molecule has 0 spiro atoms. The van der Waals surface area contributed by atoms with Gasteiger partial charge in [0.1, 0.15) is 0 Å². The molecule has 0 bridgehead atoms. The fourth-order valence-electron chi connectivity index (χ4n) is 0. The van der Waals surface area contributed by atoms with Crippen LogP contribution in [0.15, 0.2) is 0 Å². The SMILES string of the molecule is O=[15N+]([O-])O.[Na]. The van der Waals surface area contributed by atoms with Crippen LogP contribution in [0.5, 0.6) is 0 Å². The van der Waals surface area contributed by atoms with Crippen molar-refractivity contribution >= 4 is 29.6 Å². The second kappa shape index (κ2) is 4.20. The minimum atomic E-state index is -1.50. The normalized spacial score (nSPS) is 4.80. The van der Waals surface area contributed by atoms with Crippen molar-refractivity contribution in [1.82, 2.24) is 0 Å². The van der Waals surface area contributed by atoms with E-state index in [1.807, 2.05) is 0 Å². The topological polar surface area (TPSA) is 63.4 Å². The zero-order valence-corrected chi connectivity index (χ0v) is 4.71. The Hall–Kier alpha value is 0.200. The Labute approximate surface area is 50.2 Å². The summed E-state index contributed by atoms with van der Waals surface area (Å²) in [5, 5.41) is 13.6. The maximum atomic E-state index is 8.36. The molecule has 0 heterocycles. The first-order chi connectivity index (χ1) is 1.73. The Morgan fingerprint density at radius 3 is 1.80 bits per heavy atom. The van der Waals surface area contributed by atoms with Gasteiger partial charge in [0.05, 0.1) is 0 Å². The van der Waals surface area contributed by atoms with Crippen LogP contribution in [0.25, 0.3) is 0 Å². The van der Waals surface area contributed by atoms with E-state index in [2.05, 4.69) is 0 Å². The third kappa shape index (κ3) is 508. The summed E-state index contributed by atoms with van der Waals surface area (Å²) in [4.78, 5) is 8.36. The van der Waals surface area contributed by atoms with Gasteiger partial charge in [0, 0.05) is 29.6 Å². The Balaban J connectivity index is 0. The standard InChI is InChI=1S/HNO3.Na/c2-1(3)4;/h(H,2,3,4);/i1+1;. The van der Waals surface area contributed by atoms with Gasteiger partial charge in [-0.3, -0.25) is 0 Å². The molecule has 0 aliphatic rings. The summed E-state index contributed by atoms with van der Waals surface area (Å²) in [5.41, 5.74) is 0. The summed E-state index contributed by atoms with van der Waals surface area (Å²) in [7, 11) is 0. The van der Waals surface area contributed by atoms with Crippen LogP contribution in [-0.4, -0.2) is 39.9 Å². The molecule has 0 aliphatic heterocycles. The molecule has 1 N–H and O–H groups in total. The molecule has 0 aromatic carbocycles. The van der Waals surface area contributed by atoms with E-state index in [0.29, 0.717) is 0 Å². The van der Waals surface area contributed by atoms with Gasteiger partial charge < -0.3 is 5.21 Å². The quantitative estimate of drug-likeness (QED) is 0.183. The third-order valence-corrected chi connectivity index (χ3v) is 0. The summed E-state index contributed by atoms with van der Waals surface area (Å²) in [6.45, 7) is 0. The minimum Gasteiger partial charge on any atom is -0.328 e. The van der Waals surface area contributed by atoms with Gasteiger partial charge in [-0.05, 0) is 0 Å². The molecular formula is HNNaO3. The van der Waals surface area contributed by atoms with Gasteiger partial charge in [-0.15, -0.1) is 10.1 Å². The number of hydrogen-bond acceptors (Lipinski definition) is 2. The molecule has 0 saturated carbocycles. The summed E-state index contributed by atoms with van der Waals surface area (Å²) in [6.07, 6.45) is 0. The van der Waals surface area contributed by atoms with Gasteiger partial charge in [-0.25, -0.2) is 0 Å². The number of nitrogens with zero attached hydrogens (tertiary/aromatic N) is 1. The first-order valence-electron chi connectivity index (χ1n) is 0.565. The fraction of sp³-hybridized carbons (Fsp3) is 0. The van der Waals surface area contributed by atoms with Crippen LogP contribution in [0, 0.1) is 10.1 Å². The van der Waals surface area contributed by atoms with Crippen molar-refractivity contribution in [2.75, 3.05) is 0 Å². The van der Waals surface area contributed by atoms with E-state index >= 15 is 0 Å². The molecule has 0 fully saturated rings. The third-order valence-electron chi connectivity index (χ3n) is 0. The minimum absolute atomic E-state index is 0. The van der Waals surface area contributed by atoms with E-state index in [4.69, 9.17) is 15.3 Å². The zero-order valence-electron chi connectivity index (χ0n) is 2.71. The molecule has 25 valence electrons. The molecule has 0 atom stereocenters. The maximum Gasteiger partial charge on any atom is 0.291 e. The molecule has 1 radical (unpaired) electrons. The number of rotatable bonds is 0. The molecule has 0 aromatic heterocycles. The summed E-state index contributed by atoms with van der Waals surface area (Å²) in [6, 6.07) is 0. The van der Waals surface area contributed by atoms with E-state index in [1.54, 1.807) is 0 Å². The summed E-state index contributed by atoms with van der Waals surface area (Å²) >= 11 is 0. The van der Waals surface area contributed by atoms with E-state index in [1.165, 1.54) is 0 Å². The summed E-state index contributed by atoms with van der Waals surface area (Å²) in [5.74, 6) is 0. The smallest absolute Gasteiger partial charge is 0.291 e. The molecule has 0 unspecified atom stereocenters. The van der Waals surface area contributed by atoms with E-state index in [0.717, 1.165) is 0 Å². The van der Waals surface area contributed by atoms with Crippen LogP contribution in [0.3, 0.4) is 0 Å². The van der Waals surface area contributed by atoms with Crippen molar-refractivity contribution in [2.24, 2.45) is 0 Å². The van der Waals surface area contributed by atoms with Gasteiger partial charge in [0.15, 0.2) is 0 Å². The summed E-state index contributed by atoms with van der Waals surface area (Å²) < 4.78 is 0. The maximum absolute atomic E-state index is 8.36. The Kier molecular flexibility index (Phi) is 7.52. The van der Waals surface area contributed by atoms with Crippen LogP contribution in [-0.2, 0) is 0 Å². The molecule has 0 saturated heterocycles. The Bertz CT molecular complexity index is 29.9. The second-order valence-electron chi connectivity index (χ2n) is 0.238. The van der Waals surface area contributed by atoms with Gasteiger partial charge in [-0.2, -0.15) is 0 Å². The van der Waals surface area contributed by atoms with E-state index in [9.17, 15) is 0 Å². The molecule has 5 heavy (non-hydrogen) atoms. The Morgan fingerprint density at radius 1 is 1.80 bits per heavy atom. The van der Waals surface area contributed by atoms with Gasteiger partial charge in [0.2, 0.25) is 0 Å². The molecule has 0 rings (SSSR count). The van der Waals surface area contributed by atoms with E-state index in [-0.39, 0.29) is 29.6 Å². The second-order valence-corrected chi connectivity index (χ2v) is 0.238. The van der Waals surface area contributed by atoms with Crippen LogP contribution in [0.4, 0.5) is 0 Å². The average Bonchev–Trinajstić information content (AvgIpc) is 0.811. The van der Waals surface area contributed by atoms with Gasteiger partial charge >= 0.3 is 0 Å². The largest absolute Gasteiger partial charge is 0.328 e. The average molecular weight is 87.0 g/mol. The van der Waals surface area contributed by atoms with Crippen molar-refractivity contribution in [2.45, 2.75) is 0 Å². The van der Waals surface area contributed by atoms with Crippen molar-refractivity contribution in [1.29, 1.82) is 0 Å². The molecule has 0 amide bonds. The Morgan fingerprint density at radius 2 is 1.80 bits per heavy atom. The van der Waals surface area contributed by atoms with Crippen molar-refractivity contribution in [3.8, 4) is 0 Å². The predicted molar refractivity (Wildman–Crippen MR) is 14.5 cm³/mol. The van der Waals surface area contributed by atoms with Crippen LogP contribution < -0.4 is 0 Å². The van der Waals surface area contributed by atoms with Crippen LogP contribution >= 0.6 is 0 Å². The van der Waals surface area contributed by atoms with Crippen molar-refractivity contribution in [3.63, 3.8) is 0 Å². The zero-order chi connectivity index (χ0) is 3.58. The molecule has 0 aliphatic carbocycles. The first-order valence-corrected chi connectivity index (χ1v) is 0.565. The van der Waals surface area contributed by atoms with Crippen LogP contribution in [0.1, 0.15) is 0 Å². The van der Waals surface area contributed by atoms with Crippen molar-refractivity contribution < 1.29 is 10.3 Å². The molecular weight excluding hydrogens is 86.0 g/mol. The van der Waals surface area contributed by atoms with Gasteiger partial charge in [0.25, 0.3) is 5.09 Å². The van der Waals surface area contributed by atoms with E-state index < -0.39 is 5.09 Å². The first kappa shape index (κ1) is 8.96. The molecule has 4 nitrogen and oxygen atoms in total. The number of hydrogen-bond donors (Lipinski definition) is 1. The van der Waals surface area contributed by atoms with Crippen LogP contribution in [0.2, 0.25) is 0 Å². The monoisotopic (exact) mass is 87.0 g/mol.